The van der Waals surface area contributed by atoms with Crippen LogP contribution in [0, 0.1) is 0 Å². The van der Waals surface area contributed by atoms with E-state index in [-0.39, 0.29) is 5.91 Å². The molecule has 1 aliphatic rings. The van der Waals surface area contributed by atoms with Gasteiger partial charge < -0.3 is 14.5 Å². The van der Waals surface area contributed by atoms with Crippen LogP contribution in [-0.4, -0.2) is 61.5 Å². The lowest BCUT2D eigenvalue weighted by Crippen LogP contribution is -2.39. The molecule has 0 saturated carbocycles. The van der Waals surface area contributed by atoms with Gasteiger partial charge in [0.2, 0.25) is 17.4 Å². The van der Waals surface area contributed by atoms with Crippen LogP contribution in [-0.2, 0) is 14.3 Å². The van der Waals surface area contributed by atoms with E-state index in [9.17, 15) is 14.0 Å². The van der Waals surface area contributed by atoms with Gasteiger partial charge in [0, 0.05) is 47.5 Å². The zero-order valence-electron chi connectivity index (χ0n) is 13.0. The van der Waals surface area contributed by atoms with Gasteiger partial charge in [0.1, 0.15) is 6.10 Å². The van der Waals surface area contributed by atoms with Gasteiger partial charge in [0.05, 0.1) is 5.70 Å². The number of ether oxygens (including phenoxy) is 1. The average Bonchev–Trinajstić information content (AvgIpc) is 2.43. The highest BCUT2D eigenvalue weighted by atomic mass is 19.1. The molecule has 1 aliphatic carbocycles. The number of rotatable bonds is 5. The largest absolute Gasteiger partial charge is 0.383 e. The summed E-state index contributed by atoms with van der Waals surface area (Å²) in [7, 11) is 6.43. The van der Waals surface area contributed by atoms with Gasteiger partial charge in [0.15, 0.2) is 0 Å². The summed E-state index contributed by atoms with van der Waals surface area (Å²) in [6.45, 7) is 1.36. The van der Waals surface area contributed by atoms with Crippen molar-refractivity contribution in [2.24, 2.45) is 0 Å². The summed E-state index contributed by atoms with van der Waals surface area (Å²) in [4.78, 5) is 26.4. The van der Waals surface area contributed by atoms with Crippen LogP contribution in [0.3, 0.4) is 0 Å². The topological polar surface area (TPSA) is 49.9 Å². The maximum atomic E-state index is 14.8. The number of alkyl halides is 1. The van der Waals surface area contributed by atoms with Crippen molar-refractivity contribution in [3.8, 4) is 0 Å². The van der Waals surface area contributed by atoms with E-state index < -0.39 is 17.6 Å². The fourth-order valence-corrected chi connectivity index (χ4v) is 1.84. The smallest absolute Gasteiger partial charge is 0.223 e. The Kier molecular flexibility index (Phi) is 5.43. The average molecular weight is 296 g/mol. The number of hydrogen-bond acceptors (Lipinski definition) is 4. The molecule has 0 aromatic rings. The molecule has 0 aliphatic heterocycles. The SMILES string of the molecule is COC1C=CC(F)(C(=O)/C=C/N(C)C)C=C1N(C)C(C)=O. The number of amides is 1. The zero-order valence-corrected chi connectivity index (χ0v) is 13.0. The molecule has 0 fully saturated rings. The molecule has 0 spiro atoms. The molecule has 1 rings (SSSR count). The highest BCUT2D eigenvalue weighted by molar-refractivity contribution is 6.00. The minimum Gasteiger partial charge on any atom is -0.383 e. The van der Waals surface area contributed by atoms with Gasteiger partial charge in [-0.3, -0.25) is 9.59 Å². The van der Waals surface area contributed by atoms with E-state index in [0.717, 1.165) is 12.2 Å². The number of hydrogen-bond donors (Lipinski definition) is 0. The Balaban J connectivity index is 3.14. The van der Waals surface area contributed by atoms with Gasteiger partial charge in [-0.25, -0.2) is 4.39 Å². The first-order valence-corrected chi connectivity index (χ1v) is 6.48. The quantitative estimate of drug-likeness (QED) is 0.566. The van der Waals surface area contributed by atoms with Gasteiger partial charge in [-0.2, -0.15) is 0 Å². The van der Waals surface area contributed by atoms with E-state index in [1.165, 1.54) is 44.3 Å². The summed E-state index contributed by atoms with van der Waals surface area (Å²) >= 11 is 0. The third kappa shape index (κ3) is 4.01. The second-order valence-corrected chi connectivity index (χ2v) is 5.07. The van der Waals surface area contributed by atoms with E-state index >= 15 is 0 Å². The highest BCUT2D eigenvalue weighted by Gasteiger charge is 2.37. The zero-order chi connectivity index (χ0) is 16.2. The predicted molar refractivity (Wildman–Crippen MR) is 78.1 cm³/mol. The first-order chi connectivity index (χ1) is 9.71. The summed E-state index contributed by atoms with van der Waals surface area (Å²) in [6.07, 6.45) is 5.80. The number of allylic oxidation sites excluding steroid dienone is 3. The first-order valence-electron chi connectivity index (χ1n) is 6.48. The van der Waals surface area contributed by atoms with Crippen LogP contribution in [0.4, 0.5) is 4.39 Å². The Hall–Kier alpha value is -1.95. The number of likely N-dealkylation sites (N-methyl/N-ethyl adjacent to an activating group) is 1. The van der Waals surface area contributed by atoms with Crippen molar-refractivity contribution < 1.29 is 18.7 Å². The van der Waals surface area contributed by atoms with Crippen molar-refractivity contribution >= 4 is 11.7 Å². The predicted octanol–water partition coefficient (Wildman–Crippen LogP) is 1.29. The van der Waals surface area contributed by atoms with Gasteiger partial charge >= 0.3 is 0 Å². The van der Waals surface area contributed by atoms with Crippen molar-refractivity contribution in [1.29, 1.82) is 0 Å². The molecule has 2 unspecified atom stereocenters. The second kappa shape index (κ2) is 6.67. The van der Waals surface area contributed by atoms with Crippen LogP contribution < -0.4 is 0 Å². The third-order valence-electron chi connectivity index (χ3n) is 3.18. The van der Waals surface area contributed by atoms with E-state index in [2.05, 4.69) is 0 Å². The van der Waals surface area contributed by atoms with Crippen LogP contribution in [0.2, 0.25) is 0 Å². The van der Waals surface area contributed by atoms with Gasteiger partial charge in [-0.15, -0.1) is 0 Å². The first kappa shape index (κ1) is 17.1. The maximum Gasteiger partial charge on any atom is 0.223 e. The Morgan fingerprint density at radius 2 is 2.00 bits per heavy atom. The molecular formula is C15H21FN2O3. The van der Waals surface area contributed by atoms with E-state index in [1.807, 2.05) is 0 Å². The summed E-state index contributed by atoms with van der Waals surface area (Å²) < 4.78 is 20.0. The van der Waals surface area contributed by atoms with Crippen LogP contribution >= 0.6 is 0 Å². The number of halogens is 1. The molecule has 0 aromatic carbocycles. The second-order valence-electron chi connectivity index (χ2n) is 5.07. The number of ketones is 1. The molecular weight excluding hydrogens is 275 g/mol. The molecule has 0 saturated heterocycles. The van der Waals surface area contributed by atoms with E-state index in [0.29, 0.717) is 5.70 Å². The molecule has 0 bridgehead atoms. The minimum absolute atomic E-state index is 0.266. The van der Waals surface area contributed by atoms with Crippen molar-refractivity contribution in [3.05, 3.63) is 36.2 Å². The molecule has 1 amide bonds. The molecule has 0 aromatic heterocycles. The molecule has 0 heterocycles. The fraction of sp³-hybridized carbons (Fsp3) is 0.467. The van der Waals surface area contributed by atoms with Crippen LogP contribution in [0.1, 0.15) is 6.92 Å². The van der Waals surface area contributed by atoms with Crippen LogP contribution in [0.5, 0.6) is 0 Å². The summed E-state index contributed by atoms with van der Waals surface area (Å²) in [6, 6.07) is 0. The number of carbonyl (C=O) groups is 2. The molecule has 116 valence electrons. The van der Waals surface area contributed by atoms with Gasteiger partial charge in [-0.05, 0) is 12.2 Å². The third-order valence-corrected chi connectivity index (χ3v) is 3.18. The monoisotopic (exact) mass is 296 g/mol. The highest BCUT2D eigenvalue weighted by Crippen LogP contribution is 2.29. The van der Waals surface area contributed by atoms with Gasteiger partial charge in [-0.1, -0.05) is 6.08 Å². The molecule has 0 radical (unpaired) electrons. The molecule has 21 heavy (non-hydrogen) atoms. The standard InChI is InChI=1S/C15H21FN2O3/c1-11(19)18(4)12-10-15(16,8-6-13(12)21-5)14(20)7-9-17(2)3/h6-10,13H,1-5H3/b9-7+. The number of methoxy groups -OCH3 is 1. The summed E-state index contributed by atoms with van der Waals surface area (Å²) in [5, 5.41) is 0. The van der Waals surface area contributed by atoms with Crippen molar-refractivity contribution in [3.63, 3.8) is 0 Å². The van der Waals surface area contributed by atoms with E-state index in [4.69, 9.17) is 4.74 Å². The lowest BCUT2D eigenvalue weighted by molar-refractivity contribution is -0.127. The molecule has 5 nitrogen and oxygen atoms in total. The number of carbonyl (C=O) groups excluding carboxylic acids is 2. The lowest BCUT2D eigenvalue weighted by Gasteiger charge is -2.30. The Bertz CT molecular complexity index is 507. The van der Waals surface area contributed by atoms with Crippen LogP contribution in [0.15, 0.2) is 36.2 Å². The fourth-order valence-electron chi connectivity index (χ4n) is 1.84. The summed E-state index contributed by atoms with van der Waals surface area (Å²) in [5.74, 6) is -0.978. The van der Waals surface area contributed by atoms with Crippen LogP contribution in [0.25, 0.3) is 0 Å². The maximum absolute atomic E-state index is 14.8. The van der Waals surface area contributed by atoms with Crippen molar-refractivity contribution in [2.75, 3.05) is 28.3 Å². The van der Waals surface area contributed by atoms with E-state index in [1.54, 1.807) is 19.0 Å². The molecule has 0 N–H and O–H groups in total. The number of nitrogens with zero attached hydrogens (tertiary/aromatic N) is 2. The summed E-state index contributed by atoms with van der Waals surface area (Å²) in [5.41, 5.74) is -1.97. The van der Waals surface area contributed by atoms with Gasteiger partial charge in [0.25, 0.3) is 0 Å². The Morgan fingerprint density at radius 1 is 1.38 bits per heavy atom. The Morgan fingerprint density at radius 3 is 2.48 bits per heavy atom. The molecule has 2 atom stereocenters. The normalized spacial score (nSPS) is 24.9. The lowest BCUT2D eigenvalue weighted by atomic mass is 9.91. The van der Waals surface area contributed by atoms with Crippen molar-refractivity contribution in [2.45, 2.75) is 18.7 Å². The molecule has 6 heteroatoms. The Labute approximate surface area is 124 Å². The minimum atomic E-state index is -2.28. The van der Waals surface area contributed by atoms with Crippen molar-refractivity contribution in [1.82, 2.24) is 9.80 Å².